The van der Waals surface area contributed by atoms with Crippen LogP contribution in [0.1, 0.15) is 24.5 Å². The van der Waals surface area contributed by atoms with Gasteiger partial charge in [0.2, 0.25) is 0 Å². The third-order valence-corrected chi connectivity index (χ3v) is 2.92. The SMILES string of the molecule is C=CN(C(=S)CC)c1c(C)cccc1C. The molecule has 15 heavy (non-hydrogen) atoms. The maximum absolute atomic E-state index is 5.33. The van der Waals surface area contributed by atoms with Crippen LogP contribution in [0.2, 0.25) is 0 Å². The van der Waals surface area contributed by atoms with Crippen LogP contribution in [-0.4, -0.2) is 4.99 Å². The van der Waals surface area contributed by atoms with Crippen LogP contribution in [0.3, 0.4) is 0 Å². The van der Waals surface area contributed by atoms with E-state index >= 15 is 0 Å². The highest BCUT2D eigenvalue weighted by Gasteiger charge is 2.11. The van der Waals surface area contributed by atoms with E-state index in [1.54, 1.807) is 6.20 Å². The monoisotopic (exact) mass is 219 g/mol. The van der Waals surface area contributed by atoms with Gasteiger partial charge in [-0.15, -0.1) is 0 Å². The van der Waals surface area contributed by atoms with Crippen LogP contribution >= 0.6 is 12.2 Å². The zero-order valence-electron chi connectivity index (χ0n) is 9.58. The Hall–Kier alpha value is -1.15. The Labute approximate surface area is 97.4 Å². The first-order valence-electron chi connectivity index (χ1n) is 5.12. The number of aryl methyl sites for hydroxylation is 2. The predicted molar refractivity (Wildman–Crippen MR) is 71.5 cm³/mol. The lowest BCUT2D eigenvalue weighted by Crippen LogP contribution is -2.23. The van der Waals surface area contributed by atoms with Gasteiger partial charge in [-0.25, -0.2) is 0 Å². The van der Waals surface area contributed by atoms with Crippen LogP contribution in [0.15, 0.2) is 31.0 Å². The van der Waals surface area contributed by atoms with E-state index < -0.39 is 0 Å². The summed E-state index contributed by atoms with van der Waals surface area (Å²) in [5.74, 6) is 0. The molecule has 0 saturated carbocycles. The Morgan fingerprint density at radius 1 is 1.40 bits per heavy atom. The molecule has 0 aliphatic carbocycles. The highest BCUT2D eigenvalue weighted by atomic mass is 32.1. The summed E-state index contributed by atoms with van der Waals surface area (Å²) in [5, 5.41) is 0. The third kappa shape index (κ3) is 2.45. The molecule has 2 heteroatoms. The molecule has 80 valence electrons. The summed E-state index contributed by atoms with van der Waals surface area (Å²) in [4.78, 5) is 2.90. The summed E-state index contributed by atoms with van der Waals surface area (Å²) >= 11 is 5.33. The second-order valence-electron chi connectivity index (χ2n) is 3.54. The number of nitrogens with zero attached hydrogens (tertiary/aromatic N) is 1. The number of hydrogen-bond acceptors (Lipinski definition) is 1. The van der Waals surface area contributed by atoms with Crippen molar-refractivity contribution >= 4 is 22.9 Å². The smallest absolute Gasteiger partial charge is 0.0861 e. The number of thiocarbonyl (C=S) groups is 1. The normalized spacial score (nSPS) is 9.80. The minimum atomic E-state index is 0.856. The van der Waals surface area contributed by atoms with Crippen molar-refractivity contribution < 1.29 is 0 Å². The lowest BCUT2D eigenvalue weighted by Gasteiger charge is -2.24. The molecule has 0 saturated heterocycles. The fourth-order valence-corrected chi connectivity index (χ4v) is 1.84. The van der Waals surface area contributed by atoms with Crippen molar-refractivity contribution in [1.82, 2.24) is 0 Å². The Morgan fingerprint density at radius 2 is 1.93 bits per heavy atom. The number of benzene rings is 1. The zero-order chi connectivity index (χ0) is 11.4. The van der Waals surface area contributed by atoms with E-state index in [1.165, 1.54) is 16.8 Å². The molecule has 0 N–H and O–H groups in total. The van der Waals surface area contributed by atoms with E-state index in [-0.39, 0.29) is 0 Å². The molecule has 1 aromatic carbocycles. The van der Waals surface area contributed by atoms with Crippen LogP contribution in [-0.2, 0) is 0 Å². The lowest BCUT2D eigenvalue weighted by molar-refractivity contribution is 1.20. The maximum atomic E-state index is 5.33. The van der Waals surface area contributed by atoms with Crippen molar-refractivity contribution in [2.24, 2.45) is 0 Å². The predicted octanol–water partition coefficient (Wildman–Crippen LogP) is 3.99. The van der Waals surface area contributed by atoms with Gasteiger partial charge >= 0.3 is 0 Å². The van der Waals surface area contributed by atoms with Crippen molar-refractivity contribution in [2.45, 2.75) is 27.2 Å². The molecule has 0 spiro atoms. The molecule has 0 amide bonds. The molecule has 0 aliphatic rings. The summed E-state index contributed by atoms with van der Waals surface area (Å²) in [6, 6.07) is 6.25. The fourth-order valence-electron chi connectivity index (χ4n) is 1.67. The molecule has 0 unspecified atom stereocenters. The average molecular weight is 219 g/mol. The van der Waals surface area contributed by atoms with Gasteiger partial charge in [0.25, 0.3) is 0 Å². The van der Waals surface area contributed by atoms with E-state index in [4.69, 9.17) is 12.2 Å². The van der Waals surface area contributed by atoms with Crippen molar-refractivity contribution in [2.75, 3.05) is 4.90 Å². The van der Waals surface area contributed by atoms with E-state index in [0.717, 1.165) is 11.4 Å². The topological polar surface area (TPSA) is 3.24 Å². The Kier molecular flexibility index (Phi) is 4.04. The molecule has 0 atom stereocenters. The Bertz CT molecular complexity index is 362. The molecule has 1 aromatic rings. The number of anilines is 1. The molecule has 0 heterocycles. The van der Waals surface area contributed by atoms with E-state index in [2.05, 4.69) is 45.5 Å². The van der Waals surface area contributed by atoms with Gasteiger partial charge in [0.1, 0.15) is 0 Å². The summed E-state index contributed by atoms with van der Waals surface area (Å²) in [6.07, 6.45) is 2.65. The molecular formula is C13H17NS. The Balaban J connectivity index is 3.23. The largest absolute Gasteiger partial charge is 0.312 e. The van der Waals surface area contributed by atoms with Crippen molar-refractivity contribution in [3.8, 4) is 0 Å². The Morgan fingerprint density at radius 3 is 2.33 bits per heavy atom. The quantitative estimate of drug-likeness (QED) is 0.707. The van der Waals surface area contributed by atoms with E-state index in [0.29, 0.717) is 0 Å². The van der Waals surface area contributed by atoms with Gasteiger partial charge < -0.3 is 4.90 Å². The van der Waals surface area contributed by atoms with Gasteiger partial charge in [0, 0.05) is 6.20 Å². The molecule has 0 radical (unpaired) electrons. The summed E-state index contributed by atoms with van der Waals surface area (Å²) in [5.41, 5.74) is 3.62. The van der Waals surface area contributed by atoms with Crippen LogP contribution in [0, 0.1) is 13.8 Å². The summed E-state index contributed by atoms with van der Waals surface area (Å²) < 4.78 is 0. The van der Waals surface area contributed by atoms with E-state index in [9.17, 15) is 0 Å². The summed E-state index contributed by atoms with van der Waals surface area (Å²) in [6.45, 7) is 10.1. The standard InChI is InChI=1S/C13H17NS/c1-5-12(15)14(6-2)13-10(3)8-7-9-11(13)4/h6-9H,2,5H2,1,3-4H3. The van der Waals surface area contributed by atoms with Gasteiger partial charge in [-0.2, -0.15) is 0 Å². The molecular weight excluding hydrogens is 202 g/mol. The van der Waals surface area contributed by atoms with Gasteiger partial charge in [0.05, 0.1) is 10.7 Å². The molecule has 0 fully saturated rings. The highest BCUT2D eigenvalue weighted by molar-refractivity contribution is 7.80. The maximum Gasteiger partial charge on any atom is 0.0861 e. The minimum Gasteiger partial charge on any atom is -0.312 e. The average Bonchev–Trinajstić information content (AvgIpc) is 2.22. The second-order valence-corrected chi connectivity index (χ2v) is 4.01. The molecule has 1 rings (SSSR count). The van der Waals surface area contributed by atoms with Crippen LogP contribution < -0.4 is 4.90 Å². The lowest BCUT2D eigenvalue weighted by atomic mass is 10.1. The number of rotatable bonds is 3. The van der Waals surface area contributed by atoms with Gasteiger partial charge in [-0.3, -0.25) is 0 Å². The van der Waals surface area contributed by atoms with Crippen LogP contribution in [0.4, 0.5) is 5.69 Å². The number of hydrogen-bond donors (Lipinski definition) is 0. The first kappa shape index (κ1) is 11.9. The zero-order valence-corrected chi connectivity index (χ0v) is 10.4. The molecule has 0 bridgehead atoms. The van der Waals surface area contributed by atoms with Crippen molar-refractivity contribution in [3.05, 3.63) is 42.1 Å². The van der Waals surface area contributed by atoms with Crippen LogP contribution in [0.25, 0.3) is 0 Å². The first-order chi connectivity index (χ1) is 7.11. The van der Waals surface area contributed by atoms with Gasteiger partial charge in [-0.05, 0) is 31.4 Å². The molecule has 0 aromatic heterocycles. The fraction of sp³-hybridized carbons (Fsp3) is 0.308. The number of para-hydroxylation sites is 1. The molecule has 1 nitrogen and oxygen atoms in total. The third-order valence-electron chi connectivity index (χ3n) is 2.43. The van der Waals surface area contributed by atoms with Crippen molar-refractivity contribution in [1.29, 1.82) is 0 Å². The van der Waals surface area contributed by atoms with Gasteiger partial charge in [0.15, 0.2) is 0 Å². The van der Waals surface area contributed by atoms with Gasteiger partial charge in [-0.1, -0.05) is 43.9 Å². The second kappa shape index (κ2) is 5.08. The van der Waals surface area contributed by atoms with Crippen molar-refractivity contribution in [3.63, 3.8) is 0 Å². The first-order valence-corrected chi connectivity index (χ1v) is 5.53. The minimum absolute atomic E-state index is 0.856. The summed E-state index contributed by atoms with van der Waals surface area (Å²) in [7, 11) is 0. The van der Waals surface area contributed by atoms with E-state index in [1.807, 2.05) is 4.90 Å². The van der Waals surface area contributed by atoms with Crippen LogP contribution in [0.5, 0.6) is 0 Å². The highest BCUT2D eigenvalue weighted by Crippen LogP contribution is 2.25. The molecule has 0 aliphatic heterocycles.